The van der Waals surface area contributed by atoms with Crippen LogP contribution < -0.4 is 5.32 Å². The number of carbonyl (C=O) groups excluding carboxylic acids is 1. The van der Waals surface area contributed by atoms with Gasteiger partial charge < -0.3 is 5.32 Å². The highest BCUT2D eigenvalue weighted by atomic mass is 32.2. The predicted molar refractivity (Wildman–Crippen MR) is 48.7 cm³/mol. The summed E-state index contributed by atoms with van der Waals surface area (Å²) in [6.07, 6.45) is 1.01. The molecule has 1 atom stereocenters. The second kappa shape index (κ2) is 4.12. The third-order valence-electron chi connectivity index (χ3n) is 1.71. The molecule has 1 aliphatic heterocycles. The van der Waals surface area contributed by atoms with E-state index in [1.807, 2.05) is 0 Å². The lowest BCUT2D eigenvalue weighted by Gasteiger charge is -2.11. The number of rotatable bonds is 3. The zero-order chi connectivity index (χ0) is 8.27. The van der Waals surface area contributed by atoms with Crippen LogP contribution in [-0.4, -0.2) is 23.5 Å². The van der Waals surface area contributed by atoms with Crippen LogP contribution in [0, 0.1) is 5.92 Å². The van der Waals surface area contributed by atoms with Gasteiger partial charge in [-0.15, -0.1) is 0 Å². The largest absolute Gasteiger partial charge is 0.306 e. The second-order valence-electron chi connectivity index (χ2n) is 3.31. The van der Waals surface area contributed by atoms with E-state index in [4.69, 9.17) is 0 Å². The predicted octanol–water partition coefficient (Wildman–Crippen LogP) is 1.26. The van der Waals surface area contributed by atoms with E-state index in [1.165, 1.54) is 11.8 Å². The zero-order valence-electron chi connectivity index (χ0n) is 7.09. The Morgan fingerprint density at radius 1 is 1.73 bits per heavy atom. The lowest BCUT2D eigenvalue weighted by atomic mass is 10.2. The molecule has 11 heavy (non-hydrogen) atoms. The van der Waals surface area contributed by atoms with Crippen molar-refractivity contribution in [2.75, 3.05) is 12.3 Å². The summed E-state index contributed by atoms with van der Waals surface area (Å²) < 4.78 is 0. The van der Waals surface area contributed by atoms with Crippen molar-refractivity contribution in [2.45, 2.75) is 26.3 Å². The van der Waals surface area contributed by atoms with E-state index in [2.05, 4.69) is 19.2 Å². The molecule has 0 spiro atoms. The lowest BCUT2D eigenvalue weighted by molar-refractivity contribution is -0.112. The lowest BCUT2D eigenvalue weighted by Crippen LogP contribution is -2.34. The molecule has 1 N–H and O–H groups in total. The van der Waals surface area contributed by atoms with Gasteiger partial charge in [0.25, 0.3) is 0 Å². The molecule has 0 saturated carbocycles. The molecule has 1 fully saturated rings. The smallest absolute Gasteiger partial charge is 0.205 e. The van der Waals surface area contributed by atoms with E-state index < -0.39 is 0 Å². The van der Waals surface area contributed by atoms with Crippen molar-refractivity contribution in [3.8, 4) is 0 Å². The maximum atomic E-state index is 11.1. The summed E-state index contributed by atoms with van der Waals surface area (Å²) in [6.45, 7) is 5.26. The molecule has 0 aliphatic carbocycles. The van der Waals surface area contributed by atoms with Crippen LogP contribution in [0.25, 0.3) is 0 Å². The molecule has 0 aromatic rings. The van der Waals surface area contributed by atoms with E-state index in [1.54, 1.807) is 0 Å². The molecule has 1 heterocycles. The van der Waals surface area contributed by atoms with E-state index >= 15 is 0 Å². The van der Waals surface area contributed by atoms with Gasteiger partial charge in [-0.25, -0.2) is 0 Å². The van der Waals surface area contributed by atoms with Crippen LogP contribution in [0.1, 0.15) is 20.3 Å². The summed E-state index contributed by atoms with van der Waals surface area (Å²) >= 11 is 1.46. The SMILES string of the molecule is CC(C)CNC1CCSC1=O. The summed E-state index contributed by atoms with van der Waals surface area (Å²) in [5.41, 5.74) is 0. The Balaban J connectivity index is 2.20. The van der Waals surface area contributed by atoms with Crippen LogP contribution in [0.4, 0.5) is 0 Å². The van der Waals surface area contributed by atoms with Gasteiger partial charge in [0, 0.05) is 5.75 Å². The Morgan fingerprint density at radius 2 is 2.45 bits per heavy atom. The Labute approximate surface area is 72.1 Å². The summed E-state index contributed by atoms with van der Waals surface area (Å²) in [5.74, 6) is 1.63. The fourth-order valence-corrected chi connectivity index (χ4v) is 2.02. The average molecular weight is 173 g/mol. The van der Waals surface area contributed by atoms with E-state index in [9.17, 15) is 4.79 Å². The number of thioether (sulfide) groups is 1. The monoisotopic (exact) mass is 173 g/mol. The van der Waals surface area contributed by atoms with Gasteiger partial charge in [-0.3, -0.25) is 4.79 Å². The minimum absolute atomic E-state index is 0.141. The average Bonchev–Trinajstić information content (AvgIpc) is 2.31. The topological polar surface area (TPSA) is 29.1 Å². The second-order valence-corrected chi connectivity index (χ2v) is 4.41. The molecule has 0 radical (unpaired) electrons. The molecule has 0 aromatic heterocycles. The van der Waals surface area contributed by atoms with Gasteiger partial charge in [0.1, 0.15) is 0 Å². The Hall–Kier alpha value is -0.0200. The van der Waals surface area contributed by atoms with Crippen molar-refractivity contribution in [1.82, 2.24) is 5.32 Å². The maximum Gasteiger partial charge on any atom is 0.205 e. The number of hydrogen-bond acceptors (Lipinski definition) is 3. The van der Waals surface area contributed by atoms with Crippen molar-refractivity contribution in [3.05, 3.63) is 0 Å². The van der Waals surface area contributed by atoms with Gasteiger partial charge in [-0.1, -0.05) is 25.6 Å². The van der Waals surface area contributed by atoms with Crippen LogP contribution >= 0.6 is 11.8 Å². The van der Waals surface area contributed by atoms with Crippen LogP contribution in [0.2, 0.25) is 0 Å². The molecular formula is C8H15NOS. The highest BCUT2D eigenvalue weighted by Gasteiger charge is 2.24. The number of hydrogen-bond donors (Lipinski definition) is 1. The van der Waals surface area contributed by atoms with Gasteiger partial charge in [-0.05, 0) is 18.9 Å². The first-order valence-electron chi connectivity index (χ1n) is 4.10. The molecule has 2 nitrogen and oxygen atoms in total. The molecule has 64 valence electrons. The summed E-state index contributed by atoms with van der Waals surface area (Å²) in [5, 5.41) is 3.59. The van der Waals surface area contributed by atoms with Crippen molar-refractivity contribution >= 4 is 16.9 Å². The number of nitrogens with one attached hydrogen (secondary N) is 1. The van der Waals surface area contributed by atoms with E-state index in [0.29, 0.717) is 11.0 Å². The number of carbonyl (C=O) groups is 1. The normalized spacial score (nSPS) is 25.0. The molecule has 0 aromatic carbocycles. The van der Waals surface area contributed by atoms with Crippen LogP contribution in [-0.2, 0) is 4.79 Å². The van der Waals surface area contributed by atoms with Crippen LogP contribution in [0.5, 0.6) is 0 Å². The highest BCUT2D eigenvalue weighted by Crippen LogP contribution is 2.19. The molecule has 1 aliphatic rings. The summed E-state index contributed by atoms with van der Waals surface area (Å²) in [7, 11) is 0. The highest BCUT2D eigenvalue weighted by molar-refractivity contribution is 8.14. The molecule has 1 rings (SSSR count). The first kappa shape index (κ1) is 9.07. The summed E-state index contributed by atoms with van der Waals surface area (Å²) in [6, 6.07) is 0.141. The zero-order valence-corrected chi connectivity index (χ0v) is 7.91. The van der Waals surface area contributed by atoms with Crippen molar-refractivity contribution in [3.63, 3.8) is 0 Å². The fourth-order valence-electron chi connectivity index (χ4n) is 1.06. The first-order valence-corrected chi connectivity index (χ1v) is 5.08. The van der Waals surface area contributed by atoms with Crippen molar-refractivity contribution in [1.29, 1.82) is 0 Å². The van der Waals surface area contributed by atoms with Gasteiger partial charge in [0.2, 0.25) is 5.12 Å². The quantitative estimate of drug-likeness (QED) is 0.696. The van der Waals surface area contributed by atoms with Crippen LogP contribution in [0.15, 0.2) is 0 Å². The summed E-state index contributed by atoms with van der Waals surface area (Å²) in [4.78, 5) is 11.1. The third kappa shape index (κ3) is 2.83. The minimum Gasteiger partial charge on any atom is -0.306 e. The van der Waals surface area contributed by atoms with Crippen LogP contribution in [0.3, 0.4) is 0 Å². The molecule has 1 unspecified atom stereocenters. The Morgan fingerprint density at radius 3 is 2.91 bits per heavy atom. The van der Waals surface area contributed by atoms with E-state index in [0.717, 1.165) is 18.7 Å². The molecular weight excluding hydrogens is 158 g/mol. The van der Waals surface area contributed by atoms with Gasteiger partial charge in [0.15, 0.2) is 0 Å². The Bertz CT molecular complexity index is 147. The Kier molecular flexibility index (Phi) is 3.40. The molecule has 0 amide bonds. The fraction of sp³-hybridized carbons (Fsp3) is 0.875. The van der Waals surface area contributed by atoms with Gasteiger partial charge >= 0.3 is 0 Å². The molecule has 1 saturated heterocycles. The minimum atomic E-state index is 0.141. The van der Waals surface area contributed by atoms with Crippen molar-refractivity contribution < 1.29 is 4.79 Å². The first-order chi connectivity index (χ1) is 5.20. The maximum absolute atomic E-state index is 11.1. The third-order valence-corrected chi connectivity index (χ3v) is 2.72. The van der Waals surface area contributed by atoms with Crippen molar-refractivity contribution in [2.24, 2.45) is 5.92 Å². The molecule has 0 bridgehead atoms. The van der Waals surface area contributed by atoms with E-state index in [-0.39, 0.29) is 6.04 Å². The van der Waals surface area contributed by atoms with Gasteiger partial charge in [-0.2, -0.15) is 0 Å². The van der Waals surface area contributed by atoms with Gasteiger partial charge in [0.05, 0.1) is 6.04 Å². The standard InChI is InChI=1S/C8H15NOS/c1-6(2)5-9-7-3-4-11-8(7)10/h6-7,9H,3-5H2,1-2H3. The molecule has 3 heteroatoms.